The SMILES string of the molecule is CCCCCCCCOc1ccc(/C=C2\SC(=S)N([C@H](CCCC)C(=O)O)C2=O)cc1OC. The Hall–Kier alpha value is -2.06. The fraction of sp³-hybridized carbons (Fsp3) is 0.560. The summed E-state index contributed by atoms with van der Waals surface area (Å²) < 4.78 is 11.7. The third-order valence-electron chi connectivity index (χ3n) is 5.49. The molecule has 0 aromatic heterocycles. The summed E-state index contributed by atoms with van der Waals surface area (Å²) in [5.41, 5.74) is 0.764. The molecule has 1 N–H and O–H groups in total. The first kappa shape index (κ1) is 27.2. The third-order valence-corrected chi connectivity index (χ3v) is 6.82. The van der Waals surface area contributed by atoms with Crippen LogP contribution in [0.3, 0.4) is 0 Å². The molecule has 1 aliphatic rings. The highest BCUT2D eigenvalue weighted by molar-refractivity contribution is 8.26. The monoisotopic (exact) mass is 493 g/mol. The van der Waals surface area contributed by atoms with Gasteiger partial charge in [0.2, 0.25) is 0 Å². The highest BCUT2D eigenvalue weighted by Gasteiger charge is 2.40. The summed E-state index contributed by atoms with van der Waals surface area (Å²) in [6.45, 7) is 4.83. The molecule has 33 heavy (non-hydrogen) atoms. The lowest BCUT2D eigenvalue weighted by Crippen LogP contribution is -2.43. The number of benzene rings is 1. The normalized spacial score (nSPS) is 15.8. The number of nitrogens with zero attached hydrogens (tertiary/aromatic N) is 1. The number of amides is 1. The van der Waals surface area contributed by atoms with Gasteiger partial charge >= 0.3 is 5.97 Å². The predicted molar refractivity (Wildman–Crippen MR) is 138 cm³/mol. The summed E-state index contributed by atoms with van der Waals surface area (Å²) in [4.78, 5) is 26.3. The lowest BCUT2D eigenvalue weighted by molar-refractivity contribution is -0.145. The summed E-state index contributed by atoms with van der Waals surface area (Å²) in [5, 5.41) is 9.60. The van der Waals surface area contributed by atoms with E-state index in [2.05, 4.69) is 6.92 Å². The van der Waals surface area contributed by atoms with Crippen molar-refractivity contribution >= 4 is 46.3 Å². The van der Waals surface area contributed by atoms with E-state index in [9.17, 15) is 14.7 Å². The number of unbranched alkanes of at least 4 members (excludes halogenated alkanes) is 6. The van der Waals surface area contributed by atoms with Crippen LogP contribution in [0.2, 0.25) is 0 Å². The maximum atomic E-state index is 12.9. The predicted octanol–water partition coefficient (Wildman–Crippen LogP) is 6.28. The first-order chi connectivity index (χ1) is 15.9. The Morgan fingerprint density at radius 2 is 1.82 bits per heavy atom. The van der Waals surface area contributed by atoms with E-state index < -0.39 is 12.0 Å². The number of rotatable bonds is 15. The second-order valence-electron chi connectivity index (χ2n) is 8.07. The number of ether oxygens (including phenoxy) is 2. The minimum absolute atomic E-state index is 0.278. The van der Waals surface area contributed by atoms with E-state index in [0.29, 0.717) is 35.9 Å². The van der Waals surface area contributed by atoms with Crippen LogP contribution < -0.4 is 9.47 Å². The molecule has 1 atom stereocenters. The fourth-order valence-electron chi connectivity index (χ4n) is 3.62. The zero-order valence-corrected chi connectivity index (χ0v) is 21.4. The number of aliphatic carboxylic acids is 1. The Morgan fingerprint density at radius 1 is 1.12 bits per heavy atom. The molecule has 1 aromatic carbocycles. The maximum Gasteiger partial charge on any atom is 0.326 e. The van der Waals surface area contributed by atoms with E-state index >= 15 is 0 Å². The second-order valence-corrected chi connectivity index (χ2v) is 9.75. The van der Waals surface area contributed by atoms with Crippen LogP contribution in [0.15, 0.2) is 23.1 Å². The number of thioether (sulfide) groups is 1. The van der Waals surface area contributed by atoms with Gasteiger partial charge in [-0.1, -0.05) is 88.8 Å². The highest BCUT2D eigenvalue weighted by Crippen LogP contribution is 2.36. The first-order valence-corrected chi connectivity index (χ1v) is 13.0. The number of carboxylic acids is 1. The lowest BCUT2D eigenvalue weighted by Gasteiger charge is -2.22. The van der Waals surface area contributed by atoms with Crippen LogP contribution in [0.4, 0.5) is 0 Å². The summed E-state index contributed by atoms with van der Waals surface area (Å²) in [7, 11) is 1.58. The summed E-state index contributed by atoms with van der Waals surface area (Å²) >= 11 is 6.47. The molecule has 1 aromatic rings. The van der Waals surface area contributed by atoms with Gasteiger partial charge in [-0.05, 0) is 36.6 Å². The molecular formula is C25H35NO5S2. The van der Waals surface area contributed by atoms with Crippen molar-refractivity contribution in [1.82, 2.24) is 4.90 Å². The van der Waals surface area contributed by atoms with Gasteiger partial charge in [0.15, 0.2) is 11.5 Å². The van der Waals surface area contributed by atoms with Crippen molar-refractivity contribution in [2.24, 2.45) is 0 Å². The molecule has 2 rings (SSSR count). The van der Waals surface area contributed by atoms with Gasteiger partial charge in [-0.3, -0.25) is 9.69 Å². The van der Waals surface area contributed by atoms with E-state index in [1.807, 2.05) is 25.1 Å². The molecule has 1 saturated heterocycles. The molecule has 0 bridgehead atoms. The molecule has 1 heterocycles. The summed E-state index contributed by atoms with van der Waals surface area (Å²) in [5.74, 6) is -0.136. The minimum atomic E-state index is -1.03. The van der Waals surface area contributed by atoms with Gasteiger partial charge < -0.3 is 14.6 Å². The summed E-state index contributed by atoms with van der Waals surface area (Å²) in [6, 6.07) is 4.58. The molecule has 1 amide bonds. The van der Waals surface area contributed by atoms with Gasteiger partial charge in [-0.25, -0.2) is 4.79 Å². The van der Waals surface area contributed by atoms with Crippen LogP contribution in [0, 0.1) is 0 Å². The molecule has 0 spiro atoms. The van der Waals surface area contributed by atoms with Crippen molar-refractivity contribution in [2.75, 3.05) is 13.7 Å². The van der Waals surface area contributed by atoms with Gasteiger partial charge in [0.1, 0.15) is 10.4 Å². The van der Waals surface area contributed by atoms with Crippen molar-refractivity contribution < 1.29 is 24.2 Å². The van der Waals surface area contributed by atoms with Crippen molar-refractivity contribution in [1.29, 1.82) is 0 Å². The molecule has 1 fully saturated rings. The van der Waals surface area contributed by atoms with Crippen LogP contribution in [-0.4, -0.2) is 46.0 Å². The van der Waals surface area contributed by atoms with Gasteiger partial charge in [0.25, 0.3) is 5.91 Å². The molecule has 1 aliphatic heterocycles. The number of thiocarbonyl (C=S) groups is 1. The maximum absolute atomic E-state index is 12.9. The largest absolute Gasteiger partial charge is 0.493 e. The minimum Gasteiger partial charge on any atom is -0.493 e. The Kier molecular flexibility index (Phi) is 11.7. The molecule has 0 unspecified atom stereocenters. The Morgan fingerprint density at radius 3 is 2.48 bits per heavy atom. The lowest BCUT2D eigenvalue weighted by atomic mass is 10.1. The topological polar surface area (TPSA) is 76.1 Å². The van der Waals surface area contributed by atoms with Crippen LogP contribution >= 0.6 is 24.0 Å². The fourth-order valence-corrected chi connectivity index (χ4v) is 4.97. The average Bonchev–Trinajstić information content (AvgIpc) is 3.06. The molecule has 0 radical (unpaired) electrons. The van der Waals surface area contributed by atoms with Gasteiger partial charge in [0.05, 0.1) is 18.6 Å². The standard InChI is InChI=1S/C25H35NO5S2/c1-4-6-8-9-10-11-15-31-20-14-13-18(16-21(20)30-3)17-22-23(27)26(25(32)33-22)19(24(28)29)12-7-5-2/h13-14,16-17,19H,4-12,15H2,1-3H3,(H,28,29)/b22-17-/t19-/m1/s1. The molecule has 0 aliphatic carbocycles. The zero-order valence-electron chi connectivity index (χ0n) is 19.8. The second kappa shape index (κ2) is 14.3. The Bertz CT molecular complexity index is 855. The van der Waals surface area contributed by atoms with Crippen LogP contribution in [0.25, 0.3) is 6.08 Å². The number of hydrogen-bond donors (Lipinski definition) is 1. The van der Waals surface area contributed by atoms with Crippen LogP contribution in [0.1, 0.15) is 77.2 Å². The van der Waals surface area contributed by atoms with Gasteiger partial charge in [-0.2, -0.15) is 0 Å². The van der Waals surface area contributed by atoms with Crippen molar-refractivity contribution in [2.45, 2.75) is 77.7 Å². The van der Waals surface area contributed by atoms with E-state index in [0.717, 1.165) is 36.6 Å². The van der Waals surface area contributed by atoms with Crippen molar-refractivity contribution in [3.8, 4) is 11.5 Å². The van der Waals surface area contributed by atoms with Crippen molar-refractivity contribution in [3.63, 3.8) is 0 Å². The van der Waals surface area contributed by atoms with Crippen LogP contribution in [-0.2, 0) is 9.59 Å². The van der Waals surface area contributed by atoms with E-state index in [4.69, 9.17) is 21.7 Å². The molecular weight excluding hydrogens is 458 g/mol. The Labute approximate surface area is 206 Å². The highest BCUT2D eigenvalue weighted by atomic mass is 32.2. The van der Waals surface area contributed by atoms with E-state index in [1.165, 1.54) is 30.6 Å². The molecule has 182 valence electrons. The number of hydrogen-bond acceptors (Lipinski definition) is 6. The molecule has 8 heteroatoms. The van der Waals surface area contributed by atoms with Crippen molar-refractivity contribution in [3.05, 3.63) is 28.7 Å². The quantitative estimate of drug-likeness (QED) is 0.175. The smallest absolute Gasteiger partial charge is 0.326 e. The molecule has 0 saturated carbocycles. The average molecular weight is 494 g/mol. The van der Waals surface area contributed by atoms with Crippen LogP contribution in [0.5, 0.6) is 11.5 Å². The van der Waals surface area contributed by atoms with E-state index in [1.54, 1.807) is 13.2 Å². The Balaban J connectivity index is 2.05. The number of methoxy groups -OCH3 is 1. The third kappa shape index (κ3) is 8.03. The summed E-state index contributed by atoms with van der Waals surface area (Å²) in [6.07, 6.45) is 10.8. The zero-order chi connectivity index (χ0) is 24.2. The van der Waals surface area contributed by atoms with Gasteiger partial charge in [0, 0.05) is 0 Å². The van der Waals surface area contributed by atoms with E-state index in [-0.39, 0.29) is 10.2 Å². The number of carbonyl (C=O) groups excluding carboxylic acids is 1. The first-order valence-electron chi connectivity index (χ1n) is 11.7. The number of carbonyl (C=O) groups is 2. The number of carboxylic acid groups (broad SMARTS) is 1. The molecule has 6 nitrogen and oxygen atoms in total. The van der Waals surface area contributed by atoms with Gasteiger partial charge in [-0.15, -0.1) is 0 Å².